The van der Waals surface area contributed by atoms with Gasteiger partial charge in [0.05, 0.1) is 13.2 Å². The Bertz CT molecular complexity index is 474. The number of carbonyl (C=O) groups is 2. The van der Waals surface area contributed by atoms with Crippen LogP contribution < -0.4 is 0 Å². The number of carbonyl (C=O) groups excluding carboxylic acids is 1. The van der Waals surface area contributed by atoms with E-state index >= 15 is 0 Å². The van der Waals surface area contributed by atoms with Crippen LogP contribution in [0.2, 0.25) is 0 Å². The van der Waals surface area contributed by atoms with Crippen molar-refractivity contribution in [2.24, 2.45) is 0 Å². The smallest absolute Gasteiger partial charge is 0.328 e. The highest BCUT2D eigenvalue weighted by molar-refractivity contribution is 5.84. The lowest BCUT2D eigenvalue weighted by Gasteiger charge is -2.33. The van der Waals surface area contributed by atoms with Crippen molar-refractivity contribution in [3.8, 4) is 0 Å². The first-order chi connectivity index (χ1) is 9.59. The molecule has 1 N–H and O–H groups in total. The highest BCUT2D eigenvalue weighted by atomic mass is 16.5. The summed E-state index contributed by atoms with van der Waals surface area (Å²) in [4.78, 5) is 24.9. The first kappa shape index (κ1) is 14.5. The maximum Gasteiger partial charge on any atom is 0.328 e. The average molecular weight is 277 g/mol. The number of benzene rings is 1. The second kappa shape index (κ2) is 6.52. The summed E-state index contributed by atoms with van der Waals surface area (Å²) in [5.41, 5.74) is 1.08. The molecule has 1 heterocycles. The van der Waals surface area contributed by atoms with Crippen molar-refractivity contribution in [3.63, 3.8) is 0 Å². The van der Waals surface area contributed by atoms with Crippen molar-refractivity contribution in [1.82, 2.24) is 4.90 Å². The predicted octanol–water partition coefficient (Wildman–Crippen LogP) is 1.49. The van der Waals surface area contributed by atoms with Gasteiger partial charge in [0, 0.05) is 13.0 Å². The number of nitrogens with zero attached hydrogens (tertiary/aromatic N) is 1. The van der Waals surface area contributed by atoms with E-state index in [2.05, 4.69) is 0 Å². The van der Waals surface area contributed by atoms with Crippen LogP contribution in [0.25, 0.3) is 0 Å². The van der Waals surface area contributed by atoms with E-state index in [1.807, 2.05) is 37.3 Å². The zero-order valence-electron chi connectivity index (χ0n) is 11.5. The fourth-order valence-corrected chi connectivity index (χ4v) is 2.39. The van der Waals surface area contributed by atoms with Gasteiger partial charge in [0.25, 0.3) is 0 Å². The van der Waals surface area contributed by atoms with E-state index in [1.54, 1.807) is 0 Å². The number of morpholine rings is 1. The molecular formula is C15H19NO4. The van der Waals surface area contributed by atoms with E-state index in [4.69, 9.17) is 9.84 Å². The van der Waals surface area contributed by atoms with E-state index in [9.17, 15) is 9.59 Å². The summed E-state index contributed by atoms with van der Waals surface area (Å²) >= 11 is 0. The minimum absolute atomic E-state index is 0.0702. The SMILES string of the molecule is C[C@H](CC(=O)N1CCOC[C@@H]1C(=O)O)c1ccccc1. The van der Waals surface area contributed by atoms with Crippen LogP contribution in [0.4, 0.5) is 0 Å². The quantitative estimate of drug-likeness (QED) is 0.905. The molecule has 5 heteroatoms. The lowest BCUT2D eigenvalue weighted by atomic mass is 9.97. The normalized spacial score (nSPS) is 20.4. The Morgan fingerprint density at radius 1 is 1.40 bits per heavy atom. The van der Waals surface area contributed by atoms with Crippen molar-refractivity contribution in [3.05, 3.63) is 35.9 Å². The largest absolute Gasteiger partial charge is 0.480 e. The fraction of sp³-hybridized carbons (Fsp3) is 0.467. The molecule has 0 aromatic heterocycles. The number of hydrogen-bond donors (Lipinski definition) is 1. The van der Waals surface area contributed by atoms with Gasteiger partial charge in [-0.1, -0.05) is 37.3 Å². The van der Waals surface area contributed by atoms with Gasteiger partial charge in [0.15, 0.2) is 6.04 Å². The topological polar surface area (TPSA) is 66.8 Å². The number of rotatable bonds is 4. The third kappa shape index (κ3) is 3.36. The van der Waals surface area contributed by atoms with Crippen LogP contribution in [-0.2, 0) is 14.3 Å². The highest BCUT2D eigenvalue weighted by Gasteiger charge is 2.33. The van der Waals surface area contributed by atoms with Crippen molar-refractivity contribution < 1.29 is 19.4 Å². The Hall–Kier alpha value is -1.88. The van der Waals surface area contributed by atoms with Gasteiger partial charge in [0.2, 0.25) is 5.91 Å². The number of hydrogen-bond acceptors (Lipinski definition) is 3. The molecule has 108 valence electrons. The molecule has 1 aliphatic heterocycles. The van der Waals surface area contributed by atoms with Crippen molar-refractivity contribution in [2.45, 2.75) is 25.3 Å². The van der Waals surface area contributed by atoms with Gasteiger partial charge in [-0.05, 0) is 11.5 Å². The summed E-state index contributed by atoms with van der Waals surface area (Å²) < 4.78 is 5.14. The Morgan fingerprint density at radius 2 is 2.10 bits per heavy atom. The van der Waals surface area contributed by atoms with E-state index < -0.39 is 12.0 Å². The zero-order valence-corrected chi connectivity index (χ0v) is 11.5. The molecule has 1 aromatic rings. The van der Waals surface area contributed by atoms with Crippen LogP contribution in [-0.4, -0.2) is 47.7 Å². The van der Waals surface area contributed by atoms with Crippen molar-refractivity contribution in [1.29, 1.82) is 0 Å². The van der Waals surface area contributed by atoms with E-state index in [0.29, 0.717) is 19.6 Å². The molecule has 0 bridgehead atoms. The van der Waals surface area contributed by atoms with E-state index in [1.165, 1.54) is 4.90 Å². The number of carboxylic acids is 1. The van der Waals surface area contributed by atoms with Crippen molar-refractivity contribution in [2.75, 3.05) is 19.8 Å². The van der Waals surface area contributed by atoms with Crippen LogP contribution in [0.1, 0.15) is 24.8 Å². The van der Waals surface area contributed by atoms with Crippen LogP contribution >= 0.6 is 0 Å². The number of aliphatic carboxylic acids is 1. The third-order valence-electron chi connectivity index (χ3n) is 3.58. The molecule has 1 fully saturated rings. The summed E-state index contributed by atoms with van der Waals surface area (Å²) in [7, 11) is 0. The molecular weight excluding hydrogens is 258 g/mol. The minimum atomic E-state index is -1.01. The van der Waals surface area contributed by atoms with Gasteiger partial charge in [0.1, 0.15) is 0 Å². The van der Waals surface area contributed by atoms with Gasteiger partial charge in [-0.3, -0.25) is 4.79 Å². The summed E-state index contributed by atoms with van der Waals surface area (Å²) in [5, 5.41) is 9.13. The second-order valence-electron chi connectivity index (χ2n) is 5.03. The zero-order chi connectivity index (χ0) is 14.5. The Labute approximate surface area is 118 Å². The first-order valence-electron chi connectivity index (χ1n) is 6.74. The van der Waals surface area contributed by atoms with Crippen LogP contribution in [0.5, 0.6) is 0 Å². The molecule has 0 spiro atoms. The van der Waals surface area contributed by atoms with Gasteiger partial charge in [-0.2, -0.15) is 0 Å². The maximum atomic E-state index is 12.3. The van der Waals surface area contributed by atoms with E-state index in [0.717, 1.165) is 5.56 Å². The van der Waals surface area contributed by atoms with Crippen molar-refractivity contribution >= 4 is 11.9 Å². The maximum absolute atomic E-state index is 12.3. The number of amides is 1. The number of carboxylic acid groups (broad SMARTS) is 1. The molecule has 1 aromatic carbocycles. The molecule has 0 radical (unpaired) electrons. The van der Waals surface area contributed by atoms with Crippen LogP contribution in [0.15, 0.2) is 30.3 Å². The lowest BCUT2D eigenvalue weighted by molar-refractivity contribution is -0.158. The summed E-state index contributed by atoms with van der Waals surface area (Å²) in [6.45, 7) is 2.79. The molecule has 1 saturated heterocycles. The molecule has 0 unspecified atom stereocenters. The minimum Gasteiger partial charge on any atom is -0.480 e. The summed E-state index contributed by atoms with van der Waals surface area (Å²) in [6, 6.07) is 8.90. The molecule has 0 saturated carbocycles. The van der Waals surface area contributed by atoms with Gasteiger partial charge in [-0.15, -0.1) is 0 Å². The third-order valence-corrected chi connectivity index (χ3v) is 3.58. The molecule has 1 aliphatic rings. The second-order valence-corrected chi connectivity index (χ2v) is 5.03. The standard InChI is InChI=1S/C15H19NO4/c1-11(12-5-3-2-4-6-12)9-14(17)16-7-8-20-10-13(16)15(18)19/h2-6,11,13H,7-10H2,1H3,(H,18,19)/t11-,13-/m1/s1. The molecule has 5 nitrogen and oxygen atoms in total. The summed E-state index contributed by atoms with van der Waals surface area (Å²) in [6.07, 6.45) is 0.313. The van der Waals surface area contributed by atoms with Gasteiger partial charge < -0.3 is 14.7 Å². The molecule has 2 rings (SSSR count). The number of ether oxygens (including phenoxy) is 1. The van der Waals surface area contributed by atoms with Gasteiger partial charge in [-0.25, -0.2) is 4.79 Å². The average Bonchev–Trinajstić information content (AvgIpc) is 2.48. The molecule has 2 atom stereocenters. The molecule has 0 aliphatic carbocycles. The molecule has 1 amide bonds. The van der Waals surface area contributed by atoms with Gasteiger partial charge >= 0.3 is 5.97 Å². The summed E-state index contributed by atoms with van der Waals surface area (Å²) in [5.74, 6) is -1.07. The van der Waals surface area contributed by atoms with E-state index in [-0.39, 0.29) is 18.4 Å². The highest BCUT2D eigenvalue weighted by Crippen LogP contribution is 2.21. The monoisotopic (exact) mass is 277 g/mol. The Kier molecular flexibility index (Phi) is 4.74. The predicted molar refractivity (Wildman–Crippen MR) is 73.4 cm³/mol. The Balaban J connectivity index is 2.01. The fourth-order valence-electron chi connectivity index (χ4n) is 2.39. The molecule has 20 heavy (non-hydrogen) atoms. The van der Waals surface area contributed by atoms with Crippen LogP contribution in [0, 0.1) is 0 Å². The van der Waals surface area contributed by atoms with Crippen LogP contribution in [0.3, 0.4) is 0 Å². The lowest BCUT2D eigenvalue weighted by Crippen LogP contribution is -2.52. The Morgan fingerprint density at radius 3 is 2.75 bits per heavy atom. The first-order valence-corrected chi connectivity index (χ1v) is 6.74.